The molecule has 4 aliphatic heterocycles. The zero-order valence-electron chi connectivity index (χ0n) is 16.3. The molecule has 0 N–H and O–H groups in total. The molecule has 3 fully saturated rings. The molecule has 1 aromatic rings. The van der Waals surface area contributed by atoms with E-state index >= 15 is 0 Å². The molecule has 0 radical (unpaired) electrons. The molecule has 1 amide bonds. The molecule has 0 spiro atoms. The highest BCUT2D eigenvalue weighted by atomic mass is 35.5. The van der Waals surface area contributed by atoms with Gasteiger partial charge in [0, 0.05) is 30.5 Å². The van der Waals surface area contributed by atoms with E-state index in [-0.39, 0.29) is 30.2 Å². The van der Waals surface area contributed by atoms with Crippen LogP contribution < -0.4 is 0 Å². The summed E-state index contributed by atoms with van der Waals surface area (Å²) < 4.78 is 27.0. The molecular formula is C19H25ClN2O. The molecule has 1 aromatic carbocycles. The summed E-state index contributed by atoms with van der Waals surface area (Å²) in [6.07, 6.45) is 4.40. The minimum atomic E-state index is -1.79. The quantitative estimate of drug-likeness (QED) is 0.787. The normalized spacial score (nSPS) is 42.1. The molecule has 0 aromatic heterocycles. The van der Waals surface area contributed by atoms with Crippen molar-refractivity contribution >= 4 is 18.3 Å². The highest BCUT2D eigenvalue weighted by Crippen LogP contribution is 2.41. The fourth-order valence-corrected chi connectivity index (χ4v) is 4.78. The molecule has 2 bridgehead atoms. The largest absolute Gasteiger partial charge is 0.333 e. The van der Waals surface area contributed by atoms with E-state index in [0.717, 1.165) is 56.3 Å². The van der Waals surface area contributed by atoms with Gasteiger partial charge in [0.25, 0.3) is 5.91 Å². The van der Waals surface area contributed by atoms with Gasteiger partial charge < -0.3 is 9.80 Å². The van der Waals surface area contributed by atoms with Crippen molar-refractivity contribution in [3.63, 3.8) is 0 Å². The van der Waals surface area contributed by atoms with Crippen LogP contribution in [0.15, 0.2) is 18.2 Å². The molecule has 5 aliphatic rings. The lowest BCUT2D eigenvalue weighted by Crippen LogP contribution is -2.60. The first-order chi connectivity index (χ1) is 11.9. The summed E-state index contributed by atoms with van der Waals surface area (Å²) in [5.41, 5.74) is 2.68. The van der Waals surface area contributed by atoms with Crippen molar-refractivity contribution in [2.24, 2.45) is 5.92 Å². The van der Waals surface area contributed by atoms with Crippen molar-refractivity contribution in [3.8, 4) is 0 Å². The molecule has 2 atom stereocenters. The van der Waals surface area contributed by atoms with Gasteiger partial charge >= 0.3 is 0 Å². The van der Waals surface area contributed by atoms with Gasteiger partial charge in [-0.25, -0.2) is 0 Å². The Kier molecular flexibility index (Phi) is 3.10. The third-order valence-corrected chi connectivity index (χ3v) is 5.93. The Bertz CT molecular complexity index is 750. The van der Waals surface area contributed by atoms with Gasteiger partial charge in [-0.3, -0.25) is 4.79 Å². The highest BCUT2D eigenvalue weighted by molar-refractivity contribution is 5.98. The van der Waals surface area contributed by atoms with E-state index in [9.17, 15) is 6.17 Å². The summed E-state index contributed by atoms with van der Waals surface area (Å²) >= 11 is 0. The van der Waals surface area contributed by atoms with Crippen molar-refractivity contribution in [1.29, 1.82) is 0 Å². The van der Waals surface area contributed by atoms with Crippen LogP contribution in [0.25, 0.3) is 0 Å². The summed E-state index contributed by atoms with van der Waals surface area (Å²) in [6.45, 7) is 0.632. The maximum absolute atomic E-state index is 13.4. The lowest BCUT2D eigenvalue weighted by atomic mass is 9.75. The van der Waals surface area contributed by atoms with Gasteiger partial charge in [0.05, 0.1) is 4.11 Å². The van der Waals surface area contributed by atoms with Gasteiger partial charge in [-0.1, -0.05) is 12.1 Å². The predicted molar refractivity (Wildman–Crippen MR) is 93.4 cm³/mol. The second-order valence-corrected chi connectivity index (χ2v) is 7.13. The maximum atomic E-state index is 13.4. The number of halogens is 1. The summed E-state index contributed by atoms with van der Waals surface area (Å²) in [5.74, 6) is -0.503. The van der Waals surface area contributed by atoms with Crippen molar-refractivity contribution < 1.29 is 8.91 Å². The number of carbonyl (C=O) groups is 1. The zero-order chi connectivity index (χ0) is 17.4. The fourth-order valence-electron chi connectivity index (χ4n) is 4.78. The van der Waals surface area contributed by atoms with Crippen molar-refractivity contribution in [2.75, 3.05) is 26.1 Å². The Morgan fingerprint density at radius 3 is 2.78 bits per heavy atom. The molecule has 4 heterocycles. The number of benzene rings is 1. The van der Waals surface area contributed by atoms with E-state index < -0.39 is 12.5 Å². The third kappa shape index (κ3) is 2.32. The first-order valence-corrected chi connectivity index (χ1v) is 8.62. The number of aryl methyl sites for hydroxylation is 1. The fraction of sp³-hybridized carbons (Fsp3) is 0.632. The smallest absolute Gasteiger partial charge is 0.254 e. The number of hydrogen-bond donors (Lipinski definition) is 0. The number of carbonyl (C=O) groups excluding carboxylic acids is 1. The Balaban J connectivity index is 0.00000168. The first kappa shape index (κ1) is 12.3. The minimum Gasteiger partial charge on any atom is -0.333 e. The second-order valence-electron chi connectivity index (χ2n) is 7.13. The number of hydrogen-bond acceptors (Lipinski definition) is 2. The number of nitrogens with zero attached hydrogens (tertiary/aromatic N) is 2. The molecular weight excluding hydrogens is 308 g/mol. The summed E-state index contributed by atoms with van der Waals surface area (Å²) in [6, 6.07) is 4.64. The standard InChI is InChI=1S/C19H24N2O.ClH/c22-19-16-6-2-4-14-3-1-5-15(18(14)16)11-21(19)17-12-20-9-7-13(17)8-10-20;/h2,4,6,13,15,17H,1,3,5,7-12H2;1H/t15-,17+;/m1./s1/i11D2,17D;. The van der Waals surface area contributed by atoms with Crippen molar-refractivity contribution in [2.45, 2.75) is 44.0 Å². The van der Waals surface area contributed by atoms with Crippen LogP contribution in [0.5, 0.6) is 0 Å². The zero-order valence-corrected chi connectivity index (χ0v) is 14.1. The van der Waals surface area contributed by atoms with E-state index in [1.54, 1.807) is 0 Å². The average molecular weight is 336 g/mol. The van der Waals surface area contributed by atoms with Crippen LogP contribution in [-0.4, -0.2) is 47.9 Å². The van der Waals surface area contributed by atoms with Crippen molar-refractivity contribution in [1.82, 2.24) is 9.80 Å². The number of piperidine rings is 3. The Hall–Kier alpha value is -1.06. The predicted octanol–water partition coefficient (Wildman–Crippen LogP) is 3.08. The lowest BCUT2D eigenvalue weighted by molar-refractivity contribution is 0.00258. The highest BCUT2D eigenvalue weighted by Gasteiger charge is 2.43. The summed E-state index contributed by atoms with van der Waals surface area (Å²) in [5, 5.41) is 0. The molecule has 1 aliphatic carbocycles. The van der Waals surface area contributed by atoms with Crippen LogP contribution in [-0.2, 0) is 6.42 Å². The average Bonchev–Trinajstić information content (AvgIpc) is 2.60. The van der Waals surface area contributed by atoms with Crippen LogP contribution in [0, 0.1) is 5.92 Å². The SMILES string of the molecule is Cl.[2H]C1([2H])[C@H]2CCCc3cccc(c32)C(=O)N1[C@@]1([2H])CN2CCC1CC2. The second kappa shape index (κ2) is 5.78. The first-order valence-electron chi connectivity index (χ1n) is 10.1. The number of fused-ring (bicyclic) bond motifs is 3. The minimum absolute atomic E-state index is 0. The van der Waals surface area contributed by atoms with Gasteiger partial charge in [0.2, 0.25) is 0 Å². The Morgan fingerprint density at radius 2 is 2.04 bits per heavy atom. The van der Waals surface area contributed by atoms with E-state index in [1.165, 1.54) is 4.90 Å². The number of amides is 1. The van der Waals surface area contributed by atoms with E-state index in [2.05, 4.69) is 4.90 Å². The van der Waals surface area contributed by atoms with Gasteiger partial charge in [0.1, 0.15) is 0 Å². The molecule has 3 saturated heterocycles. The van der Waals surface area contributed by atoms with Crippen LogP contribution in [0.3, 0.4) is 0 Å². The van der Waals surface area contributed by atoms with E-state index in [1.807, 2.05) is 18.2 Å². The van der Waals surface area contributed by atoms with Gasteiger partial charge in [-0.2, -0.15) is 0 Å². The lowest BCUT2D eigenvalue weighted by Gasteiger charge is -2.51. The van der Waals surface area contributed by atoms with E-state index in [0.29, 0.717) is 12.1 Å². The molecule has 0 saturated carbocycles. The molecule has 3 nitrogen and oxygen atoms in total. The van der Waals surface area contributed by atoms with Crippen LogP contribution >= 0.6 is 12.4 Å². The van der Waals surface area contributed by atoms with Gasteiger partial charge in [-0.05, 0) is 68.3 Å². The van der Waals surface area contributed by atoms with Crippen LogP contribution in [0.1, 0.15) is 57.2 Å². The maximum Gasteiger partial charge on any atom is 0.254 e. The van der Waals surface area contributed by atoms with E-state index in [4.69, 9.17) is 2.74 Å². The number of rotatable bonds is 1. The third-order valence-electron chi connectivity index (χ3n) is 5.93. The Morgan fingerprint density at radius 1 is 1.22 bits per heavy atom. The van der Waals surface area contributed by atoms with Crippen LogP contribution in [0.4, 0.5) is 0 Å². The summed E-state index contributed by atoms with van der Waals surface area (Å²) in [4.78, 5) is 17.0. The monoisotopic (exact) mass is 335 g/mol. The Labute approximate surface area is 148 Å². The van der Waals surface area contributed by atoms with Gasteiger partial charge in [0.15, 0.2) is 0 Å². The topological polar surface area (TPSA) is 23.6 Å². The summed E-state index contributed by atoms with van der Waals surface area (Å²) in [7, 11) is 0. The molecule has 4 heteroatoms. The van der Waals surface area contributed by atoms with Gasteiger partial charge in [-0.15, -0.1) is 12.4 Å². The molecule has 124 valence electrons. The molecule has 6 rings (SSSR count). The van der Waals surface area contributed by atoms with Crippen molar-refractivity contribution in [3.05, 3.63) is 34.9 Å². The molecule has 0 unspecified atom stereocenters. The molecule has 23 heavy (non-hydrogen) atoms. The van der Waals surface area contributed by atoms with Crippen LogP contribution in [0.2, 0.25) is 0 Å².